The molecule has 0 amide bonds. The summed E-state index contributed by atoms with van der Waals surface area (Å²) >= 11 is 0. The summed E-state index contributed by atoms with van der Waals surface area (Å²) in [6.07, 6.45) is 0.735. The Kier molecular flexibility index (Phi) is 3.71. The van der Waals surface area contributed by atoms with Gasteiger partial charge in [0.05, 0.1) is 21.1 Å². The third-order valence-corrected chi connectivity index (χ3v) is 1.91. The number of hydrogen-bond acceptors (Lipinski definition) is 1. The molecule has 0 saturated heterocycles. The van der Waals surface area contributed by atoms with Crippen molar-refractivity contribution in [1.29, 1.82) is 0 Å². The topological polar surface area (TPSA) is 37.3 Å². The highest BCUT2D eigenvalue weighted by molar-refractivity contribution is 5.72. The predicted molar refractivity (Wildman–Crippen MR) is 48.9 cm³/mol. The van der Waals surface area contributed by atoms with Crippen LogP contribution in [-0.2, 0) is 4.79 Å². The molecule has 0 aromatic rings. The molecule has 0 aromatic heterocycles. The molecule has 0 aliphatic heterocycles. The van der Waals surface area contributed by atoms with Crippen LogP contribution in [0.1, 0.15) is 20.3 Å². The van der Waals surface area contributed by atoms with E-state index in [9.17, 15) is 4.79 Å². The van der Waals surface area contributed by atoms with Crippen LogP contribution in [0.5, 0.6) is 0 Å². The molecule has 0 aliphatic carbocycles. The summed E-state index contributed by atoms with van der Waals surface area (Å²) in [7, 11) is 5.75. The lowest BCUT2D eigenvalue weighted by Gasteiger charge is -2.31. The number of aliphatic carboxylic acids is 1. The molecular formula is C9H20NO2+. The number of carbonyl (C=O) groups is 1. The lowest BCUT2D eigenvalue weighted by atomic mass is 10.0. The van der Waals surface area contributed by atoms with Gasteiger partial charge in [0, 0.05) is 6.42 Å². The molecule has 0 rings (SSSR count). The second kappa shape index (κ2) is 3.90. The molecule has 0 aromatic carbocycles. The number of likely N-dealkylation sites (N-methyl/N-ethyl adjacent to an activating group) is 1. The summed E-state index contributed by atoms with van der Waals surface area (Å²) in [6.45, 7) is 4.09. The van der Waals surface area contributed by atoms with E-state index in [2.05, 4.69) is 0 Å². The molecule has 1 N–H and O–H groups in total. The minimum atomic E-state index is -0.698. The number of quaternary nitrogens is 1. The van der Waals surface area contributed by atoms with Crippen LogP contribution in [0.15, 0.2) is 0 Å². The van der Waals surface area contributed by atoms with E-state index >= 15 is 0 Å². The standard InChI is InChI=1S/C9H19NO2/c1-7(2)6-8(9(11)12)10(3,4)5/h7-8H,6H2,1-5H3/p+1/t8-/m1/s1. The number of rotatable bonds is 4. The number of carboxylic acid groups (broad SMARTS) is 1. The van der Waals surface area contributed by atoms with Crippen LogP contribution >= 0.6 is 0 Å². The minimum Gasteiger partial charge on any atom is -0.477 e. The van der Waals surface area contributed by atoms with E-state index in [0.29, 0.717) is 10.4 Å². The molecule has 3 heteroatoms. The van der Waals surface area contributed by atoms with E-state index < -0.39 is 5.97 Å². The fraction of sp³-hybridized carbons (Fsp3) is 0.889. The zero-order chi connectivity index (χ0) is 9.94. The third-order valence-electron chi connectivity index (χ3n) is 1.91. The number of nitrogens with zero attached hydrogens (tertiary/aromatic N) is 1. The van der Waals surface area contributed by atoms with Crippen LogP contribution in [0.4, 0.5) is 0 Å². The van der Waals surface area contributed by atoms with E-state index in [4.69, 9.17) is 5.11 Å². The van der Waals surface area contributed by atoms with E-state index in [1.807, 2.05) is 35.0 Å². The van der Waals surface area contributed by atoms with Crippen molar-refractivity contribution in [3.8, 4) is 0 Å². The van der Waals surface area contributed by atoms with Gasteiger partial charge in [0.1, 0.15) is 0 Å². The Morgan fingerprint density at radius 2 is 1.75 bits per heavy atom. The largest absolute Gasteiger partial charge is 0.477 e. The maximum Gasteiger partial charge on any atom is 0.362 e. The Bertz CT molecular complexity index is 158. The lowest BCUT2D eigenvalue weighted by Crippen LogP contribution is -2.50. The van der Waals surface area contributed by atoms with E-state index in [1.54, 1.807) is 0 Å². The average Bonchev–Trinajstić information content (AvgIpc) is 1.79. The van der Waals surface area contributed by atoms with Gasteiger partial charge in [0.25, 0.3) is 0 Å². The van der Waals surface area contributed by atoms with Crippen LogP contribution in [0.25, 0.3) is 0 Å². The molecule has 0 spiro atoms. The maximum atomic E-state index is 10.9. The average molecular weight is 174 g/mol. The van der Waals surface area contributed by atoms with Gasteiger partial charge in [-0.05, 0) is 5.92 Å². The van der Waals surface area contributed by atoms with Crippen molar-refractivity contribution in [2.75, 3.05) is 21.1 Å². The van der Waals surface area contributed by atoms with E-state index in [-0.39, 0.29) is 6.04 Å². The first-order valence-electron chi connectivity index (χ1n) is 4.29. The Morgan fingerprint density at radius 1 is 1.33 bits per heavy atom. The molecule has 0 radical (unpaired) electrons. The quantitative estimate of drug-likeness (QED) is 0.650. The smallest absolute Gasteiger partial charge is 0.362 e. The van der Waals surface area contributed by atoms with Gasteiger partial charge in [-0.2, -0.15) is 0 Å². The van der Waals surface area contributed by atoms with Crippen molar-refractivity contribution in [1.82, 2.24) is 0 Å². The van der Waals surface area contributed by atoms with Crippen LogP contribution < -0.4 is 0 Å². The minimum absolute atomic E-state index is 0.287. The van der Waals surface area contributed by atoms with Crippen molar-refractivity contribution < 1.29 is 14.4 Å². The first kappa shape index (κ1) is 11.4. The monoisotopic (exact) mass is 174 g/mol. The molecule has 0 heterocycles. The Labute approximate surface area is 74.6 Å². The Balaban J connectivity index is 4.35. The van der Waals surface area contributed by atoms with Gasteiger partial charge in [-0.25, -0.2) is 4.79 Å². The molecule has 0 saturated carbocycles. The van der Waals surface area contributed by atoms with Crippen LogP contribution in [0.2, 0.25) is 0 Å². The molecule has 0 fully saturated rings. The fourth-order valence-corrected chi connectivity index (χ4v) is 1.19. The van der Waals surface area contributed by atoms with Crippen LogP contribution in [-0.4, -0.2) is 42.7 Å². The van der Waals surface area contributed by atoms with Gasteiger partial charge in [0.2, 0.25) is 0 Å². The van der Waals surface area contributed by atoms with Crippen molar-refractivity contribution >= 4 is 5.97 Å². The second-order valence-electron chi connectivity index (χ2n) is 4.60. The SMILES string of the molecule is CC(C)C[C@H](C(=O)O)[N+](C)(C)C. The lowest BCUT2D eigenvalue weighted by molar-refractivity contribution is -0.888. The zero-order valence-electron chi connectivity index (χ0n) is 8.66. The summed E-state index contributed by atoms with van der Waals surface area (Å²) in [4.78, 5) is 10.9. The van der Waals surface area contributed by atoms with Crippen LogP contribution in [0, 0.1) is 5.92 Å². The Hall–Kier alpha value is -0.570. The van der Waals surface area contributed by atoms with E-state index in [0.717, 1.165) is 6.42 Å². The first-order valence-corrected chi connectivity index (χ1v) is 4.29. The third kappa shape index (κ3) is 3.72. The molecule has 0 aliphatic rings. The zero-order valence-corrected chi connectivity index (χ0v) is 8.66. The summed E-state index contributed by atoms with van der Waals surface area (Å²) in [5, 5.41) is 8.94. The highest BCUT2D eigenvalue weighted by Crippen LogP contribution is 2.13. The van der Waals surface area contributed by atoms with Gasteiger partial charge in [-0.3, -0.25) is 0 Å². The van der Waals surface area contributed by atoms with Crippen molar-refractivity contribution in [2.45, 2.75) is 26.3 Å². The van der Waals surface area contributed by atoms with Gasteiger partial charge in [-0.1, -0.05) is 13.8 Å². The molecule has 1 atom stereocenters. The fourth-order valence-electron chi connectivity index (χ4n) is 1.19. The van der Waals surface area contributed by atoms with Crippen LogP contribution in [0.3, 0.4) is 0 Å². The predicted octanol–water partition coefficient (Wildman–Crippen LogP) is 1.19. The molecule has 3 nitrogen and oxygen atoms in total. The number of carboxylic acids is 1. The summed E-state index contributed by atoms with van der Waals surface area (Å²) < 4.78 is 0.494. The number of hydrogen-bond donors (Lipinski definition) is 1. The molecular weight excluding hydrogens is 154 g/mol. The molecule has 0 unspecified atom stereocenters. The van der Waals surface area contributed by atoms with Crippen molar-refractivity contribution in [3.05, 3.63) is 0 Å². The van der Waals surface area contributed by atoms with Gasteiger partial charge < -0.3 is 9.59 Å². The van der Waals surface area contributed by atoms with E-state index in [1.165, 1.54) is 0 Å². The summed E-state index contributed by atoms with van der Waals surface area (Å²) in [6, 6.07) is -0.287. The normalized spacial score (nSPS) is 14.8. The van der Waals surface area contributed by atoms with Crippen molar-refractivity contribution in [2.24, 2.45) is 5.92 Å². The maximum absolute atomic E-state index is 10.9. The summed E-state index contributed by atoms with van der Waals surface area (Å²) in [5.41, 5.74) is 0. The Morgan fingerprint density at radius 3 is 1.83 bits per heavy atom. The summed E-state index contributed by atoms with van der Waals surface area (Å²) in [5.74, 6) is -0.264. The van der Waals surface area contributed by atoms with Gasteiger partial charge in [0.15, 0.2) is 6.04 Å². The molecule has 72 valence electrons. The molecule has 0 bridgehead atoms. The highest BCUT2D eigenvalue weighted by atomic mass is 16.4. The first-order chi connectivity index (χ1) is 5.25. The van der Waals surface area contributed by atoms with Gasteiger partial charge >= 0.3 is 5.97 Å². The van der Waals surface area contributed by atoms with Crippen molar-refractivity contribution in [3.63, 3.8) is 0 Å². The van der Waals surface area contributed by atoms with Gasteiger partial charge in [-0.15, -0.1) is 0 Å². The molecule has 12 heavy (non-hydrogen) atoms. The second-order valence-corrected chi connectivity index (χ2v) is 4.60. The highest BCUT2D eigenvalue weighted by Gasteiger charge is 2.31.